The van der Waals surface area contributed by atoms with Gasteiger partial charge in [-0.15, -0.1) is 0 Å². The molecule has 0 saturated carbocycles. The van der Waals surface area contributed by atoms with Gasteiger partial charge >= 0.3 is 0 Å². The van der Waals surface area contributed by atoms with Gasteiger partial charge in [-0.2, -0.15) is 0 Å². The van der Waals surface area contributed by atoms with Gasteiger partial charge < -0.3 is 5.32 Å². The van der Waals surface area contributed by atoms with Crippen molar-refractivity contribution in [3.05, 3.63) is 74.8 Å². The number of nitrogens with zero attached hydrogens (tertiary/aromatic N) is 1. The quantitative estimate of drug-likeness (QED) is 0.694. The standard InChI is InChI=1S/C18H18N2O3/c1-12-9-10-14(11-17(12)20(22)23)18(21)19-16-8-4-6-13-5-2-3-7-15(13)16/h2-3,5,7,9-11,16H,4,6,8H2,1H3,(H,19,21)/t16-/m0/s1. The highest BCUT2D eigenvalue weighted by molar-refractivity contribution is 5.95. The summed E-state index contributed by atoms with van der Waals surface area (Å²) >= 11 is 0. The Labute approximate surface area is 134 Å². The molecule has 1 aliphatic carbocycles. The molecule has 0 spiro atoms. The molecule has 0 fully saturated rings. The number of fused-ring (bicyclic) bond motifs is 1. The van der Waals surface area contributed by atoms with Crippen molar-refractivity contribution in [3.8, 4) is 0 Å². The van der Waals surface area contributed by atoms with E-state index in [1.165, 1.54) is 11.6 Å². The molecule has 0 aliphatic heterocycles. The fourth-order valence-electron chi connectivity index (χ4n) is 3.09. The van der Waals surface area contributed by atoms with Crippen molar-refractivity contribution in [2.24, 2.45) is 0 Å². The van der Waals surface area contributed by atoms with Crippen molar-refractivity contribution >= 4 is 11.6 Å². The number of carbonyl (C=O) groups excluding carboxylic acids is 1. The lowest BCUT2D eigenvalue weighted by molar-refractivity contribution is -0.385. The Balaban J connectivity index is 1.83. The third-order valence-corrected chi connectivity index (χ3v) is 4.34. The first-order chi connectivity index (χ1) is 11.1. The van der Waals surface area contributed by atoms with Crippen molar-refractivity contribution in [1.82, 2.24) is 5.32 Å². The highest BCUT2D eigenvalue weighted by Crippen LogP contribution is 2.30. The van der Waals surface area contributed by atoms with Crippen LogP contribution in [0.25, 0.3) is 0 Å². The van der Waals surface area contributed by atoms with Crippen molar-refractivity contribution in [1.29, 1.82) is 0 Å². The van der Waals surface area contributed by atoms with Gasteiger partial charge in [0, 0.05) is 17.2 Å². The van der Waals surface area contributed by atoms with Crippen LogP contribution in [0, 0.1) is 17.0 Å². The van der Waals surface area contributed by atoms with Crippen LogP contribution in [-0.4, -0.2) is 10.8 Å². The van der Waals surface area contributed by atoms with Crippen LogP contribution < -0.4 is 5.32 Å². The minimum atomic E-state index is -0.456. The molecule has 0 heterocycles. The Morgan fingerprint density at radius 1 is 1.26 bits per heavy atom. The van der Waals surface area contributed by atoms with Crippen LogP contribution >= 0.6 is 0 Å². The second kappa shape index (κ2) is 6.20. The first kappa shape index (κ1) is 15.2. The molecular weight excluding hydrogens is 292 g/mol. The van der Waals surface area contributed by atoms with Gasteiger partial charge in [0.25, 0.3) is 11.6 Å². The summed E-state index contributed by atoms with van der Waals surface area (Å²) in [5.41, 5.74) is 3.26. The van der Waals surface area contributed by atoms with Crippen molar-refractivity contribution in [2.75, 3.05) is 0 Å². The second-order valence-electron chi connectivity index (χ2n) is 5.88. The highest BCUT2D eigenvalue weighted by Gasteiger charge is 2.23. The number of nitro groups is 1. The molecular formula is C18H18N2O3. The minimum absolute atomic E-state index is 0.0262. The monoisotopic (exact) mass is 310 g/mol. The topological polar surface area (TPSA) is 72.2 Å². The maximum atomic E-state index is 12.5. The molecule has 0 radical (unpaired) electrons. The molecule has 2 aromatic carbocycles. The summed E-state index contributed by atoms with van der Waals surface area (Å²) in [4.78, 5) is 23.0. The summed E-state index contributed by atoms with van der Waals surface area (Å²) in [7, 11) is 0. The van der Waals surface area contributed by atoms with Crippen LogP contribution in [0.15, 0.2) is 42.5 Å². The molecule has 0 bridgehead atoms. The van der Waals surface area contributed by atoms with E-state index in [1.807, 2.05) is 18.2 Å². The number of nitrogens with one attached hydrogen (secondary N) is 1. The number of benzene rings is 2. The lowest BCUT2D eigenvalue weighted by atomic mass is 9.87. The van der Waals surface area contributed by atoms with E-state index < -0.39 is 4.92 Å². The Morgan fingerprint density at radius 3 is 2.83 bits per heavy atom. The largest absolute Gasteiger partial charge is 0.345 e. The van der Waals surface area contributed by atoms with Crippen LogP contribution in [0.5, 0.6) is 0 Å². The van der Waals surface area contributed by atoms with Crippen LogP contribution in [0.4, 0.5) is 5.69 Å². The zero-order valence-corrected chi connectivity index (χ0v) is 12.9. The zero-order valence-electron chi connectivity index (χ0n) is 12.9. The van der Waals surface area contributed by atoms with Crippen molar-refractivity contribution in [2.45, 2.75) is 32.2 Å². The van der Waals surface area contributed by atoms with E-state index in [9.17, 15) is 14.9 Å². The molecule has 1 atom stereocenters. The fraction of sp³-hybridized carbons (Fsp3) is 0.278. The second-order valence-corrected chi connectivity index (χ2v) is 5.88. The van der Waals surface area contributed by atoms with Crippen LogP contribution in [0.1, 0.15) is 45.9 Å². The van der Waals surface area contributed by atoms with Gasteiger partial charge in [0.1, 0.15) is 0 Å². The number of nitro benzene ring substituents is 1. The van der Waals surface area contributed by atoms with E-state index in [4.69, 9.17) is 0 Å². The maximum Gasteiger partial charge on any atom is 0.273 e. The van der Waals surface area contributed by atoms with E-state index in [2.05, 4.69) is 11.4 Å². The minimum Gasteiger partial charge on any atom is -0.345 e. The molecule has 0 saturated heterocycles. The third kappa shape index (κ3) is 3.08. The van der Waals surface area contributed by atoms with E-state index >= 15 is 0 Å². The predicted octanol–water partition coefficient (Wildman–Crippen LogP) is 3.71. The van der Waals surface area contributed by atoms with E-state index in [0.717, 1.165) is 24.8 Å². The molecule has 5 nitrogen and oxygen atoms in total. The smallest absolute Gasteiger partial charge is 0.273 e. The van der Waals surface area contributed by atoms with Gasteiger partial charge in [-0.3, -0.25) is 14.9 Å². The Kier molecular flexibility index (Phi) is 4.10. The molecule has 5 heteroatoms. The van der Waals surface area contributed by atoms with Crippen molar-refractivity contribution < 1.29 is 9.72 Å². The number of hydrogen-bond acceptors (Lipinski definition) is 3. The van der Waals surface area contributed by atoms with E-state index in [1.54, 1.807) is 19.1 Å². The maximum absolute atomic E-state index is 12.5. The van der Waals surface area contributed by atoms with Gasteiger partial charge in [-0.1, -0.05) is 30.3 Å². The highest BCUT2D eigenvalue weighted by atomic mass is 16.6. The van der Waals surface area contributed by atoms with Crippen LogP contribution in [0.2, 0.25) is 0 Å². The molecule has 2 aromatic rings. The lowest BCUT2D eigenvalue weighted by Gasteiger charge is -2.26. The van der Waals surface area contributed by atoms with E-state index in [-0.39, 0.29) is 17.6 Å². The van der Waals surface area contributed by atoms with Crippen LogP contribution in [0.3, 0.4) is 0 Å². The molecule has 1 amide bonds. The number of amides is 1. The Bertz CT molecular complexity index is 771. The molecule has 3 rings (SSSR count). The fourth-order valence-corrected chi connectivity index (χ4v) is 3.09. The lowest BCUT2D eigenvalue weighted by Crippen LogP contribution is -2.31. The Hall–Kier alpha value is -2.69. The summed E-state index contributed by atoms with van der Waals surface area (Å²) in [5.74, 6) is -0.269. The summed E-state index contributed by atoms with van der Waals surface area (Å²) in [5, 5.41) is 14.0. The summed E-state index contributed by atoms with van der Waals surface area (Å²) < 4.78 is 0. The molecule has 23 heavy (non-hydrogen) atoms. The van der Waals surface area contributed by atoms with E-state index in [0.29, 0.717) is 11.1 Å². The molecule has 1 aliphatic rings. The van der Waals surface area contributed by atoms with Crippen molar-refractivity contribution in [3.63, 3.8) is 0 Å². The number of hydrogen-bond donors (Lipinski definition) is 1. The average Bonchev–Trinajstić information content (AvgIpc) is 2.55. The van der Waals surface area contributed by atoms with Gasteiger partial charge in [-0.25, -0.2) is 0 Å². The normalized spacial score (nSPS) is 16.5. The molecule has 1 N–H and O–H groups in total. The Morgan fingerprint density at radius 2 is 2.04 bits per heavy atom. The zero-order chi connectivity index (χ0) is 16.4. The summed E-state index contributed by atoms with van der Waals surface area (Å²) in [6.07, 6.45) is 2.94. The van der Waals surface area contributed by atoms with Crippen LogP contribution in [-0.2, 0) is 6.42 Å². The summed E-state index contributed by atoms with van der Waals surface area (Å²) in [6.45, 7) is 1.66. The summed E-state index contributed by atoms with van der Waals surface area (Å²) in [6, 6.07) is 12.7. The molecule has 0 unspecified atom stereocenters. The van der Waals surface area contributed by atoms with Gasteiger partial charge in [0.05, 0.1) is 11.0 Å². The number of rotatable bonds is 3. The SMILES string of the molecule is Cc1ccc(C(=O)N[C@H]2CCCc3ccccc32)cc1[N+](=O)[O-]. The van der Waals surface area contributed by atoms with Gasteiger partial charge in [-0.05, 0) is 43.4 Å². The molecule has 118 valence electrons. The average molecular weight is 310 g/mol. The number of aryl methyl sites for hydroxylation is 2. The third-order valence-electron chi connectivity index (χ3n) is 4.34. The predicted molar refractivity (Wildman–Crippen MR) is 87.4 cm³/mol. The first-order valence-corrected chi connectivity index (χ1v) is 7.70. The molecule has 0 aromatic heterocycles. The van der Waals surface area contributed by atoms with Gasteiger partial charge in [0.15, 0.2) is 0 Å². The number of carbonyl (C=O) groups is 1. The van der Waals surface area contributed by atoms with Gasteiger partial charge in [0.2, 0.25) is 0 Å². The first-order valence-electron chi connectivity index (χ1n) is 7.70.